The van der Waals surface area contributed by atoms with Gasteiger partial charge in [0.25, 0.3) is 0 Å². The van der Waals surface area contributed by atoms with Crippen molar-refractivity contribution in [3.05, 3.63) is 51.8 Å². The summed E-state index contributed by atoms with van der Waals surface area (Å²) in [6.07, 6.45) is 0. The zero-order valence-electron chi connectivity index (χ0n) is 9.45. The van der Waals surface area contributed by atoms with E-state index in [-0.39, 0.29) is 5.69 Å². The van der Waals surface area contributed by atoms with Gasteiger partial charge in [0.2, 0.25) is 0 Å². The molecule has 0 atom stereocenters. The highest BCUT2D eigenvalue weighted by Crippen LogP contribution is 2.30. The fourth-order valence-electron chi connectivity index (χ4n) is 1.74. The number of halogens is 3. The number of hydrogen-bond acceptors (Lipinski definition) is 2. The molecule has 98 valence electrons. The van der Waals surface area contributed by atoms with Crippen LogP contribution in [0.15, 0.2) is 30.3 Å². The molecule has 0 bridgehead atoms. The second kappa shape index (κ2) is 5.07. The Hall–Kier alpha value is -1.78. The molecule has 0 amide bonds. The monoisotopic (exact) mass is 299 g/mol. The average molecular weight is 300 g/mol. The number of rotatable bonds is 2. The maximum Gasteiger partial charge on any atom is 0.340 e. The van der Waals surface area contributed by atoms with Crippen LogP contribution in [0.5, 0.6) is 0 Å². The first-order valence-corrected chi connectivity index (χ1v) is 5.93. The van der Waals surface area contributed by atoms with Crippen LogP contribution in [0.25, 0.3) is 11.1 Å². The Morgan fingerprint density at radius 2 is 1.58 bits per heavy atom. The highest BCUT2D eigenvalue weighted by molar-refractivity contribution is 6.35. The molecule has 0 aliphatic rings. The standard InChI is InChI=1S/C13H8Cl2FNO2/c14-8-1-6(2-9(15)5-8)7-3-10(16)12(13(18)19)11(17)4-7/h1-5H,17H2,(H,18,19). The first-order valence-electron chi connectivity index (χ1n) is 5.17. The first-order chi connectivity index (χ1) is 8.88. The van der Waals surface area contributed by atoms with Gasteiger partial charge in [0.1, 0.15) is 11.4 Å². The molecule has 2 rings (SSSR count). The Labute approximate surface area is 118 Å². The second-order valence-electron chi connectivity index (χ2n) is 3.89. The van der Waals surface area contributed by atoms with E-state index in [4.69, 9.17) is 34.0 Å². The summed E-state index contributed by atoms with van der Waals surface area (Å²) in [5, 5.41) is 9.62. The van der Waals surface area contributed by atoms with Gasteiger partial charge in [-0.15, -0.1) is 0 Å². The van der Waals surface area contributed by atoms with Gasteiger partial charge in [0.15, 0.2) is 0 Å². The molecule has 0 saturated carbocycles. The van der Waals surface area contributed by atoms with Gasteiger partial charge in [-0.3, -0.25) is 0 Å². The van der Waals surface area contributed by atoms with E-state index in [0.29, 0.717) is 21.2 Å². The van der Waals surface area contributed by atoms with E-state index in [1.807, 2.05) is 0 Å². The summed E-state index contributed by atoms with van der Waals surface area (Å²) in [5.74, 6) is -2.32. The number of anilines is 1. The third-order valence-electron chi connectivity index (χ3n) is 2.53. The van der Waals surface area contributed by atoms with Crippen LogP contribution in [0, 0.1) is 5.82 Å². The third kappa shape index (κ3) is 2.80. The van der Waals surface area contributed by atoms with Gasteiger partial charge >= 0.3 is 5.97 Å². The summed E-state index contributed by atoms with van der Waals surface area (Å²) in [7, 11) is 0. The quantitative estimate of drug-likeness (QED) is 0.821. The number of aromatic carboxylic acids is 1. The number of benzene rings is 2. The minimum absolute atomic E-state index is 0.154. The zero-order chi connectivity index (χ0) is 14.2. The molecule has 0 fully saturated rings. The van der Waals surface area contributed by atoms with Gasteiger partial charge in [-0.1, -0.05) is 23.2 Å². The molecule has 2 aromatic carbocycles. The van der Waals surface area contributed by atoms with Crippen molar-refractivity contribution < 1.29 is 14.3 Å². The number of nitrogen functional groups attached to an aromatic ring is 1. The van der Waals surface area contributed by atoms with Gasteiger partial charge in [0, 0.05) is 15.7 Å². The van der Waals surface area contributed by atoms with Crippen LogP contribution >= 0.6 is 23.2 Å². The van der Waals surface area contributed by atoms with Crippen molar-refractivity contribution in [1.82, 2.24) is 0 Å². The number of carboxylic acids is 1. The van der Waals surface area contributed by atoms with Crippen molar-refractivity contribution in [2.24, 2.45) is 0 Å². The largest absolute Gasteiger partial charge is 0.478 e. The molecule has 3 N–H and O–H groups in total. The molecule has 0 heterocycles. The van der Waals surface area contributed by atoms with Crippen molar-refractivity contribution in [1.29, 1.82) is 0 Å². The molecule has 6 heteroatoms. The first kappa shape index (κ1) is 13.6. The fourth-order valence-corrected chi connectivity index (χ4v) is 2.27. The number of carbonyl (C=O) groups is 1. The van der Waals surface area contributed by atoms with E-state index in [9.17, 15) is 9.18 Å². The molecular weight excluding hydrogens is 292 g/mol. The lowest BCUT2D eigenvalue weighted by atomic mass is 10.0. The Kier molecular flexibility index (Phi) is 3.64. The summed E-state index contributed by atoms with van der Waals surface area (Å²) in [4.78, 5) is 10.8. The molecule has 2 aromatic rings. The Balaban J connectivity index is 2.61. The number of hydrogen-bond donors (Lipinski definition) is 2. The average Bonchev–Trinajstić information content (AvgIpc) is 2.25. The minimum Gasteiger partial charge on any atom is -0.478 e. The molecule has 0 aliphatic heterocycles. The Bertz CT molecular complexity index is 630. The van der Waals surface area contributed by atoms with Crippen LogP contribution < -0.4 is 5.73 Å². The van der Waals surface area contributed by atoms with Crippen LogP contribution in [0.3, 0.4) is 0 Å². The van der Waals surface area contributed by atoms with Crippen molar-refractivity contribution in [2.45, 2.75) is 0 Å². The van der Waals surface area contributed by atoms with Crippen molar-refractivity contribution in [3.63, 3.8) is 0 Å². The van der Waals surface area contributed by atoms with Crippen LogP contribution in [0.4, 0.5) is 10.1 Å². The lowest BCUT2D eigenvalue weighted by Crippen LogP contribution is -2.06. The normalized spacial score (nSPS) is 10.5. The lowest BCUT2D eigenvalue weighted by Gasteiger charge is -2.08. The molecule has 19 heavy (non-hydrogen) atoms. The van der Waals surface area contributed by atoms with Gasteiger partial charge in [0.05, 0.1) is 0 Å². The van der Waals surface area contributed by atoms with E-state index in [2.05, 4.69) is 0 Å². The summed E-state index contributed by atoms with van der Waals surface area (Å²) in [5.41, 5.74) is 5.81. The highest BCUT2D eigenvalue weighted by Gasteiger charge is 2.16. The maximum absolute atomic E-state index is 13.7. The molecule has 0 aliphatic carbocycles. The highest BCUT2D eigenvalue weighted by atomic mass is 35.5. The number of nitrogens with two attached hydrogens (primary N) is 1. The molecule has 0 unspecified atom stereocenters. The second-order valence-corrected chi connectivity index (χ2v) is 4.76. The Morgan fingerprint density at radius 1 is 1.05 bits per heavy atom. The number of carboxylic acid groups (broad SMARTS) is 1. The molecule has 3 nitrogen and oxygen atoms in total. The van der Waals surface area contributed by atoms with Crippen molar-refractivity contribution in [3.8, 4) is 11.1 Å². The van der Waals surface area contributed by atoms with Crippen molar-refractivity contribution >= 4 is 34.9 Å². The van der Waals surface area contributed by atoms with Crippen LogP contribution in [0.1, 0.15) is 10.4 Å². The third-order valence-corrected chi connectivity index (χ3v) is 2.97. The topological polar surface area (TPSA) is 63.3 Å². The smallest absolute Gasteiger partial charge is 0.340 e. The Morgan fingerprint density at radius 3 is 2.05 bits per heavy atom. The van der Waals surface area contributed by atoms with Crippen LogP contribution in [0.2, 0.25) is 10.0 Å². The molecule has 0 radical (unpaired) electrons. The van der Waals surface area contributed by atoms with E-state index in [0.717, 1.165) is 6.07 Å². The fraction of sp³-hybridized carbons (Fsp3) is 0. The zero-order valence-corrected chi connectivity index (χ0v) is 11.0. The summed E-state index contributed by atoms with van der Waals surface area (Å²) in [6, 6.07) is 7.17. The SMILES string of the molecule is Nc1cc(-c2cc(Cl)cc(Cl)c2)cc(F)c1C(=O)O. The minimum atomic E-state index is -1.41. The summed E-state index contributed by atoms with van der Waals surface area (Å²) < 4.78 is 13.7. The molecular formula is C13H8Cl2FNO2. The van der Waals surface area contributed by atoms with E-state index >= 15 is 0 Å². The van der Waals surface area contributed by atoms with E-state index < -0.39 is 17.3 Å². The molecule has 0 saturated heterocycles. The van der Waals surface area contributed by atoms with E-state index in [1.54, 1.807) is 12.1 Å². The van der Waals surface area contributed by atoms with Crippen molar-refractivity contribution in [2.75, 3.05) is 5.73 Å². The van der Waals surface area contributed by atoms with Gasteiger partial charge in [-0.25, -0.2) is 9.18 Å². The van der Waals surface area contributed by atoms with Crippen LogP contribution in [-0.2, 0) is 0 Å². The lowest BCUT2D eigenvalue weighted by molar-refractivity contribution is 0.0693. The van der Waals surface area contributed by atoms with E-state index in [1.165, 1.54) is 12.1 Å². The van der Waals surface area contributed by atoms with Crippen LogP contribution in [-0.4, -0.2) is 11.1 Å². The van der Waals surface area contributed by atoms with Gasteiger partial charge in [-0.2, -0.15) is 0 Å². The van der Waals surface area contributed by atoms with Gasteiger partial charge < -0.3 is 10.8 Å². The summed E-state index contributed by atoms with van der Waals surface area (Å²) in [6.45, 7) is 0. The molecule has 0 aromatic heterocycles. The predicted molar refractivity (Wildman–Crippen MR) is 73.2 cm³/mol. The molecule has 0 spiro atoms. The predicted octanol–water partition coefficient (Wildman–Crippen LogP) is 4.08. The van der Waals surface area contributed by atoms with Gasteiger partial charge in [-0.05, 0) is 41.5 Å². The maximum atomic E-state index is 13.7. The summed E-state index contributed by atoms with van der Waals surface area (Å²) >= 11 is 11.7.